The fourth-order valence-electron chi connectivity index (χ4n) is 5.47. The molecule has 3 aliphatic heterocycles. The molecule has 1 unspecified atom stereocenters. The minimum absolute atomic E-state index is 0.0257. The second-order valence-electron chi connectivity index (χ2n) is 9.54. The number of carbonyl (C=O) groups is 1. The van der Waals surface area contributed by atoms with Gasteiger partial charge in [0.2, 0.25) is 11.9 Å². The fraction of sp³-hybridized carbons (Fsp3) is 0.640. The number of benzene rings is 1. The third-order valence-corrected chi connectivity index (χ3v) is 7.44. The number of nitrogens with zero attached hydrogens (tertiary/aromatic N) is 4. The van der Waals surface area contributed by atoms with E-state index in [1.807, 2.05) is 12.1 Å². The van der Waals surface area contributed by atoms with Crippen LogP contribution in [0.1, 0.15) is 44.9 Å². The SMILES string of the molecule is COc1cc2nc(N3CCC(N4CCCC4)CC3)nc(NC3CCCCNC3=O)c2cc1OC. The number of anilines is 2. The molecule has 5 rings (SSSR count). The predicted octanol–water partition coefficient (Wildman–Crippen LogP) is 2.79. The lowest BCUT2D eigenvalue weighted by Crippen LogP contribution is -2.44. The first-order chi connectivity index (χ1) is 16.7. The Bertz CT molecular complexity index is 1020. The van der Waals surface area contributed by atoms with Gasteiger partial charge >= 0.3 is 0 Å². The Kier molecular flexibility index (Phi) is 6.89. The van der Waals surface area contributed by atoms with Crippen molar-refractivity contribution >= 4 is 28.6 Å². The molecule has 1 aromatic carbocycles. The minimum Gasteiger partial charge on any atom is -0.493 e. The summed E-state index contributed by atoms with van der Waals surface area (Å²) in [5, 5.41) is 7.27. The number of carbonyl (C=O) groups excluding carboxylic acids is 1. The molecule has 34 heavy (non-hydrogen) atoms. The van der Waals surface area contributed by atoms with Crippen molar-refractivity contribution in [2.45, 2.75) is 57.0 Å². The first-order valence-corrected chi connectivity index (χ1v) is 12.6. The van der Waals surface area contributed by atoms with Gasteiger partial charge in [0.1, 0.15) is 11.9 Å². The predicted molar refractivity (Wildman–Crippen MR) is 133 cm³/mol. The number of fused-ring (bicyclic) bond motifs is 1. The zero-order valence-electron chi connectivity index (χ0n) is 20.3. The summed E-state index contributed by atoms with van der Waals surface area (Å²) in [6.45, 7) is 5.06. The lowest BCUT2D eigenvalue weighted by molar-refractivity contribution is -0.121. The van der Waals surface area contributed by atoms with Crippen molar-refractivity contribution < 1.29 is 14.3 Å². The number of rotatable bonds is 6. The molecule has 9 nitrogen and oxygen atoms in total. The molecule has 0 bridgehead atoms. The first-order valence-electron chi connectivity index (χ1n) is 12.6. The third-order valence-electron chi connectivity index (χ3n) is 7.44. The second kappa shape index (κ2) is 10.2. The van der Waals surface area contributed by atoms with E-state index >= 15 is 0 Å². The molecule has 2 N–H and O–H groups in total. The molecule has 0 saturated carbocycles. The topological polar surface area (TPSA) is 91.9 Å². The zero-order valence-corrected chi connectivity index (χ0v) is 20.3. The van der Waals surface area contributed by atoms with Crippen molar-refractivity contribution in [2.75, 3.05) is 57.2 Å². The van der Waals surface area contributed by atoms with Gasteiger partial charge in [-0.1, -0.05) is 0 Å². The molecule has 1 aromatic heterocycles. The van der Waals surface area contributed by atoms with Gasteiger partial charge < -0.3 is 29.9 Å². The van der Waals surface area contributed by atoms with Crippen LogP contribution in [0, 0.1) is 0 Å². The number of methoxy groups -OCH3 is 2. The van der Waals surface area contributed by atoms with E-state index in [4.69, 9.17) is 19.4 Å². The average molecular weight is 469 g/mol. The van der Waals surface area contributed by atoms with E-state index in [0.29, 0.717) is 29.3 Å². The number of ether oxygens (including phenoxy) is 2. The summed E-state index contributed by atoms with van der Waals surface area (Å²) in [7, 11) is 3.25. The molecule has 0 radical (unpaired) electrons. The largest absolute Gasteiger partial charge is 0.493 e. The van der Waals surface area contributed by atoms with Crippen LogP contribution in [0.4, 0.5) is 11.8 Å². The monoisotopic (exact) mass is 468 g/mol. The quantitative estimate of drug-likeness (QED) is 0.669. The second-order valence-corrected chi connectivity index (χ2v) is 9.54. The lowest BCUT2D eigenvalue weighted by Gasteiger charge is -2.36. The number of hydrogen-bond acceptors (Lipinski definition) is 8. The highest BCUT2D eigenvalue weighted by Gasteiger charge is 2.29. The maximum absolute atomic E-state index is 12.7. The van der Waals surface area contributed by atoms with E-state index in [1.165, 1.54) is 25.9 Å². The van der Waals surface area contributed by atoms with E-state index in [1.54, 1.807) is 14.2 Å². The maximum Gasteiger partial charge on any atom is 0.242 e. The summed E-state index contributed by atoms with van der Waals surface area (Å²) < 4.78 is 11.1. The Morgan fingerprint density at radius 2 is 1.68 bits per heavy atom. The molecule has 1 atom stereocenters. The van der Waals surface area contributed by atoms with Gasteiger partial charge in [-0.15, -0.1) is 0 Å². The molecule has 0 aliphatic carbocycles. The van der Waals surface area contributed by atoms with Crippen molar-refractivity contribution in [3.8, 4) is 11.5 Å². The highest BCUT2D eigenvalue weighted by atomic mass is 16.5. The van der Waals surface area contributed by atoms with E-state index in [9.17, 15) is 4.79 Å². The number of piperidine rings is 1. The summed E-state index contributed by atoms with van der Waals surface area (Å²) in [6.07, 6.45) is 7.67. The van der Waals surface area contributed by atoms with Crippen LogP contribution in [-0.4, -0.2) is 79.8 Å². The van der Waals surface area contributed by atoms with Gasteiger partial charge in [-0.05, 0) is 64.1 Å². The number of hydrogen-bond donors (Lipinski definition) is 2. The maximum atomic E-state index is 12.7. The molecule has 3 saturated heterocycles. The highest BCUT2D eigenvalue weighted by Crippen LogP contribution is 2.36. The Morgan fingerprint density at radius 1 is 0.941 bits per heavy atom. The van der Waals surface area contributed by atoms with Crippen LogP contribution in [0.5, 0.6) is 11.5 Å². The lowest BCUT2D eigenvalue weighted by atomic mass is 10.0. The standard InChI is InChI=1S/C25H36N6O3/c1-33-21-15-18-20(16-22(21)34-2)28-25(29-23(18)27-19-7-3-4-10-26-24(19)32)31-13-8-17(9-14-31)30-11-5-6-12-30/h15-17,19H,3-14H2,1-2H3,(H,26,32)(H,27,28,29). The van der Waals surface area contributed by atoms with Crippen molar-refractivity contribution in [1.82, 2.24) is 20.2 Å². The normalized spacial score (nSPS) is 22.5. The molecular formula is C25H36N6O3. The van der Waals surface area contributed by atoms with Gasteiger partial charge in [0.05, 0.1) is 19.7 Å². The Morgan fingerprint density at radius 3 is 2.41 bits per heavy atom. The Balaban J connectivity index is 1.46. The van der Waals surface area contributed by atoms with Gasteiger partial charge in [-0.2, -0.15) is 4.98 Å². The number of amides is 1. The highest BCUT2D eigenvalue weighted by molar-refractivity contribution is 5.95. The van der Waals surface area contributed by atoms with Crippen LogP contribution >= 0.6 is 0 Å². The molecule has 0 spiro atoms. The van der Waals surface area contributed by atoms with Crippen LogP contribution in [0.15, 0.2) is 12.1 Å². The Labute approximate surface area is 201 Å². The van der Waals surface area contributed by atoms with Gasteiger partial charge in [-0.3, -0.25) is 4.79 Å². The van der Waals surface area contributed by atoms with Crippen molar-refractivity contribution in [1.29, 1.82) is 0 Å². The van der Waals surface area contributed by atoms with Crippen LogP contribution in [0.25, 0.3) is 10.9 Å². The molecule has 184 valence electrons. The van der Waals surface area contributed by atoms with Gasteiger partial charge in [0.25, 0.3) is 0 Å². The fourth-order valence-corrected chi connectivity index (χ4v) is 5.47. The average Bonchev–Trinajstić information content (AvgIpc) is 3.34. The molecule has 3 aliphatic rings. The molecule has 4 heterocycles. The van der Waals surface area contributed by atoms with E-state index < -0.39 is 0 Å². The molecule has 3 fully saturated rings. The van der Waals surface area contributed by atoms with Crippen LogP contribution < -0.4 is 25.0 Å². The number of aromatic nitrogens is 2. The molecule has 1 amide bonds. The van der Waals surface area contributed by atoms with E-state index in [-0.39, 0.29) is 11.9 Å². The van der Waals surface area contributed by atoms with Crippen molar-refractivity contribution in [2.24, 2.45) is 0 Å². The number of likely N-dealkylation sites (tertiary alicyclic amines) is 1. The summed E-state index contributed by atoms with van der Waals surface area (Å²) in [4.78, 5) is 27.4. The van der Waals surface area contributed by atoms with Gasteiger partial charge in [0, 0.05) is 37.1 Å². The van der Waals surface area contributed by atoms with Gasteiger partial charge in [0.15, 0.2) is 11.5 Å². The van der Waals surface area contributed by atoms with Crippen LogP contribution in [0.2, 0.25) is 0 Å². The number of nitrogens with one attached hydrogen (secondary N) is 2. The molecule has 2 aromatic rings. The summed E-state index contributed by atoms with van der Waals surface area (Å²) in [5.41, 5.74) is 0.779. The first kappa shape index (κ1) is 23.0. The van der Waals surface area contributed by atoms with Crippen molar-refractivity contribution in [3.05, 3.63) is 12.1 Å². The van der Waals surface area contributed by atoms with Gasteiger partial charge in [-0.25, -0.2) is 4.98 Å². The molecule has 9 heteroatoms. The van der Waals surface area contributed by atoms with Crippen molar-refractivity contribution in [3.63, 3.8) is 0 Å². The van der Waals surface area contributed by atoms with E-state index in [0.717, 1.165) is 62.6 Å². The summed E-state index contributed by atoms with van der Waals surface area (Å²) in [5.74, 6) is 2.65. The summed E-state index contributed by atoms with van der Waals surface area (Å²) >= 11 is 0. The third kappa shape index (κ3) is 4.71. The Hall–Kier alpha value is -2.81. The summed E-state index contributed by atoms with van der Waals surface area (Å²) in [6, 6.07) is 4.14. The van der Waals surface area contributed by atoms with Crippen LogP contribution in [-0.2, 0) is 4.79 Å². The van der Waals surface area contributed by atoms with Crippen LogP contribution in [0.3, 0.4) is 0 Å². The molecular weight excluding hydrogens is 432 g/mol. The zero-order chi connectivity index (χ0) is 23.5. The minimum atomic E-state index is -0.317. The smallest absolute Gasteiger partial charge is 0.242 e. The van der Waals surface area contributed by atoms with E-state index in [2.05, 4.69) is 20.4 Å².